The number of nitrogens with zero attached hydrogens (tertiary/aromatic N) is 1. The van der Waals surface area contributed by atoms with Gasteiger partial charge in [0.1, 0.15) is 17.3 Å². The van der Waals surface area contributed by atoms with E-state index in [2.05, 4.69) is 16.0 Å². The van der Waals surface area contributed by atoms with Crippen LogP contribution in [0.25, 0.3) is 0 Å². The fourth-order valence-electron chi connectivity index (χ4n) is 3.70. The number of para-hydroxylation sites is 3. The molecule has 0 heterocycles. The van der Waals surface area contributed by atoms with Crippen molar-refractivity contribution >= 4 is 29.1 Å². The van der Waals surface area contributed by atoms with Gasteiger partial charge < -0.3 is 20.7 Å². The third kappa shape index (κ3) is 7.50. The molecule has 0 fully saturated rings. The lowest BCUT2D eigenvalue weighted by molar-refractivity contribution is -0.136. The van der Waals surface area contributed by atoms with Crippen LogP contribution in [0.4, 0.5) is 44.2 Å². The van der Waals surface area contributed by atoms with E-state index in [4.69, 9.17) is 4.74 Å². The average molecular weight is 553 g/mol. The lowest BCUT2D eigenvalue weighted by atomic mass is 10.1. The normalized spacial score (nSPS) is 10.9. The average Bonchev–Trinajstić information content (AvgIpc) is 2.93. The monoisotopic (exact) mass is 552 g/mol. The van der Waals surface area contributed by atoms with Gasteiger partial charge in [0.2, 0.25) is 0 Å². The van der Waals surface area contributed by atoms with E-state index in [9.17, 15) is 27.2 Å². The van der Waals surface area contributed by atoms with Crippen LogP contribution in [-0.2, 0) is 6.18 Å². The van der Waals surface area contributed by atoms with Gasteiger partial charge in [-0.3, -0.25) is 4.90 Å². The van der Waals surface area contributed by atoms with E-state index in [0.717, 1.165) is 12.1 Å². The summed E-state index contributed by atoms with van der Waals surface area (Å²) in [7, 11) is 0. The van der Waals surface area contributed by atoms with E-state index < -0.39 is 35.3 Å². The maximum atomic E-state index is 14.2. The SMILES string of the molecule is O=C(NCCN(C(=O)Nc1ccccc1F)c1ccc(Oc2ccccc2)cc1)Nc1ccccc1C(F)(F)F. The van der Waals surface area contributed by atoms with Crippen molar-refractivity contribution in [3.05, 3.63) is 115 Å². The van der Waals surface area contributed by atoms with Crippen molar-refractivity contribution in [3.8, 4) is 11.5 Å². The van der Waals surface area contributed by atoms with E-state index in [1.165, 1.54) is 35.2 Å². The van der Waals surface area contributed by atoms with Crippen LogP contribution >= 0.6 is 0 Å². The molecule has 0 saturated carbocycles. The number of amides is 4. The smallest absolute Gasteiger partial charge is 0.418 e. The minimum absolute atomic E-state index is 0.0454. The predicted molar refractivity (Wildman–Crippen MR) is 144 cm³/mol. The maximum Gasteiger partial charge on any atom is 0.418 e. The summed E-state index contributed by atoms with van der Waals surface area (Å²) in [6, 6.07) is 24.2. The van der Waals surface area contributed by atoms with Crippen LogP contribution in [0.1, 0.15) is 5.56 Å². The van der Waals surface area contributed by atoms with Gasteiger partial charge in [0, 0.05) is 18.8 Å². The summed E-state index contributed by atoms with van der Waals surface area (Å²) in [5, 5.41) is 7.12. The second kappa shape index (κ2) is 12.7. The highest BCUT2D eigenvalue weighted by molar-refractivity contribution is 6.02. The van der Waals surface area contributed by atoms with Gasteiger partial charge in [0.25, 0.3) is 0 Å². The van der Waals surface area contributed by atoms with Gasteiger partial charge in [0.05, 0.1) is 16.9 Å². The van der Waals surface area contributed by atoms with Crippen LogP contribution in [0.3, 0.4) is 0 Å². The molecule has 4 amide bonds. The van der Waals surface area contributed by atoms with E-state index >= 15 is 0 Å². The van der Waals surface area contributed by atoms with Crippen LogP contribution in [0.15, 0.2) is 103 Å². The second-order valence-electron chi connectivity index (χ2n) is 8.39. The minimum Gasteiger partial charge on any atom is -0.457 e. The molecule has 4 rings (SSSR count). The lowest BCUT2D eigenvalue weighted by Gasteiger charge is -2.24. The first-order valence-corrected chi connectivity index (χ1v) is 12.1. The van der Waals surface area contributed by atoms with Crippen LogP contribution in [0.2, 0.25) is 0 Å². The lowest BCUT2D eigenvalue weighted by Crippen LogP contribution is -2.42. The van der Waals surface area contributed by atoms with Gasteiger partial charge in [-0.25, -0.2) is 14.0 Å². The molecule has 4 aromatic carbocycles. The summed E-state index contributed by atoms with van der Waals surface area (Å²) in [6.07, 6.45) is -4.65. The molecule has 11 heteroatoms. The highest BCUT2D eigenvalue weighted by Gasteiger charge is 2.33. The Bertz CT molecular complexity index is 1450. The molecule has 40 heavy (non-hydrogen) atoms. The first kappa shape index (κ1) is 28.0. The quantitative estimate of drug-likeness (QED) is 0.198. The molecule has 0 aliphatic rings. The molecule has 206 valence electrons. The third-order valence-electron chi connectivity index (χ3n) is 5.59. The molecular formula is C29H24F4N4O3. The largest absolute Gasteiger partial charge is 0.457 e. The van der Waals surface area contributed by atoms with Crippen LogP contribution in [0, 0.1) is 5.82 Å². The molecule has 0 aromatic heterocycles. The Morgan fingerprint density at radius 3 is 2.00 bits per heavy atom. The Morgan fingerprint density at radius 2 is 1.32 bits per heavy atom. The van der Waals surface area contributed by atoms with Crippen molar-refractivity contribution in [1.82, 2.24) is 5.32 Å². The number of benzene rings is 4. The van der Waals surface area contributed by atoms with Gasteiger partial charge >= 0.3 is 18.2 Å². The van der Waals surface area contributed by atoms with Crippen molar-refractivity contribution in [3.63, 3.8) is 0 Å². The van der Waals surface area contributed by atoms with Gasteiger partial charge in [0.15, 0.2) is 0 Å². The molecule has 0 saturated heterocycles. The van der Waals surface area contributed by atoms with Crippen molar-refractivity contribution in [2.24, 2.45) is 0 Å². The first-order chi connectivity index (χ1) is 19.2. The van der Waals surface area contributed by atoms with Crippen molar-refractivity contribution < 1.29 is 31.9 Å². The minimum atomic E-state index is -4.65. The number of urea groups is 2. The summed E-state index contributed by atoms with van der Waals surface area (Å²) in [5.74, 6) is 0.486. The molecule has 0 unspecified atom stereocenters. The van der Waals surface area contributed by atoms with Crippen molar-refractivity contribution in [2.45, 2.75) is 6.18 Å². The molecule has 4 aromatic rings. The molecule has 0 bridgehead atoms. The number of carbonyl (C=O) groups is 2. The summed E-state index contributed by atoms with van der Waals surface area (Å²) < 4.78 is 59.6. The molecular weight excluding hydrogens is 528 g/mol. The Hall–Kier alpha value is -5.06. The molecule has 0 aliphatic heterocycles. The fourth-order valence-corrected chi connectivity index (χ4v) is 3.70. The Kier molecular flexibility index (Phi) is 8.85. The van der Waals surface area contributed by atoms with E-state index in [1.54, 1.807) is 42.5 Å². The zero-order valence-corrected chi connectivity index (χ0v) is 20.9. The molecule has 0 atom stereocenters. The number of alkyl halides is 3. The number of ether oxygens (including phenoxy) is 1. The Labute approximate surface area is 227 Å². The molecule has 0 aliphatic carbocycles. The Balaban J connectivity index is 1.45. The number of rotatable bonds is 8. The van der Waals surface area contributed by atoms with Crippen molar-refractivity contribution in [2.75, 3.05) is 28.6 Å². The van der Waals surface area contributed by atoms with Gasteiger partial charge in [-0.05, 0) is 60.7 Å². The number of hydrogen-bond acceptors (Lipinski definition) is 3. The third-order valence-corrected chi connectivity index (χ3v) is 5.59. The molecule has 7 nitrogen and oxygen atoms in total. The summed E-state index contributed by atoms with van der Waals surface area (Å²) >= 11 is 0. The fraction of sp³-hybridized carbons (Fsp3) is 0.103. The number of carbonyl (C=O) groups excluding carboxylic acids is 2. The zero-order chi connectivity index (χ0) is 28.5. The zero-order valence-electron chi connectivity index (χ0n) is 20.9. The van der Waals surface area contributed by atoms with Crippen LogP contribution in [-0.4, -0.2) is 25.2 Å². The van der Waals surface area contributed by atoms with Gasteiger partial charge in [-0.1, -0.05) is 42.5 Å². The number of nitrogens with one attached hydrogen (secondary N) is 3. The number of halogens is 4. The highest BCUT2D eigenvalue weighted by atomic mass is 19.4. The summed E-state index contributed by atoms with van der Waals surface area (Å²) in [6.45, 7) is -0.222. The number of anilines is 3. The summed E-state index contributed by atoms with van der Waals surface area (Å²) in [4.78, 5) is 26.7. The van der Waals surface area contributed by atoms with Gasteiger partial charge in [-0.15, -0.1) is 0 Å². The second-order valence-corrected chi connectivity index (χ2v) is 8.39. The molecule has 0 radical (unpaired) electrons. The van der Waals surface area contributed by atoms with Crippen LogP contribution in [0.5, 0.6) is 11.5 Å². The number of hydrogen-bond donors (Lipinski definition) is 3. The van der Waals surface area contributed by atoms with Crippen LogP contribution < -0.4 is 25.6 Å². The Morgan fingerprint density at radius 1 is 0.725 bits per heavy atom. The van der Waals surface area contributed by atoms with Gasteiger partial charge in [-0.2, -0.15) is 13.2 Å². The highest BCUT2D eigenvalue weighted by Crippen LogP contribution is 2.34. The molecule has 0 spiro atoms. The van der Waals surface area contributed by atoms with E-state index in [-0.39, 0.29) is 18.8 Å². The molecule has 3 N–H and O–H groups in total. The topological polar surface area (TPSA) is 82.7 Å². The maximum absolute atomic E-state index is 14.2. The van der Waals surface area contributed by atoms with E-state index in [0.29, 0.717) is 17.2 Å². The standard InChI is InChI=1S/C29H24F4N4O3/c30-24-11-5-7-13-26(24)36-28(39)37(20-14-16-22(17-15-20)40-21-8-2-1-3-9-21)19-18-34-27(38)35-25-12-6-4-10-23(25)29(31,32)33/h1-17H,18-19H2,(H,36,39)(H2,34,35,38). The van der Waals surface area contributed by atoms with Crippen molar-refractivity contribution in [1.29, 1.82) is 0 Å². The first-order valence-electron chi connectivity index (χ1n) is 12.1. The van der Waals surface area contributed by atoms with E-state index in [1.807, 2.05) is 18.2 Å². The summed E-state index contributed by atoms with van der Waals surface area (Å²) in [5.41, 5.74) is -1.04. The predicted octanol–water partition coefficient (Wildman–Crippen LogP) is 7.50.